The van der Waals surface area contributed by atoms with Gasteiger partial charge in [0.25, 0.3) is 5.91 Å². The molecule has 9 nitrogen and oxygen atoms in total. The maximum Gasteiger partial charge on any atom is 0.311 e. The number of nitrogens with zero attached hydrogens (tertiary/aromatic N) is 2. The van der Waals surface area contributed by atoms with Crippen LogP contribution in [0.1, 0.15) is 35.5 Å². The maximum atomic E-state index is 12.3. The Bertz CT molecular complexity index is 900. The average molecular weight is 372 g/mol. The van der Waals surface area contributed by atoms with Crippen molar-refractivity contribution in [3.8, 4) is 11.5 Å². The summed E-state index contributed by atoms with van der Waals surface area (Å²) in [6, 6.07) is 6.22. The molecule has 9 heteroatoms. The highest BCUT2D eigenvalue weighted by Gasteiger charge is 2.22. The van der Waals surface area contributed by atoms with Gasteiger partial charge in [-0.25, -0.2) is 4.98 Å². The number of hydrogen-bond acceptors (Lipinski definition) is 7. The summed E-state index contributed by atoms with van der Waals surface area (Å²) in [6.07, 6.45) is 0.917. The summed E-state index contributed by atoms with van der Waals surface area (Å²) in [7, 11) is 0. The summed E-state index contributed by atoms with van der Waals surface area (Å²) in [5.74, 6) is 0.676. The molecule has 1 aliphatic heterocycles. The van der Waals surface area contributed by atoms with Crippen LogP contribution in [-0.4, -0.2) is 28.5 Å². The van der Waals surface area contributed by atoms with E-state index in [0.717, 1.165) is 29.4 Å². The van der Waals surface area contributed by atoms with Crippen LogP contribution in [0.2, 0.25) is 0 Å². The second-order valence-electron chi connectivity index (χ2n) is 6.17. The minimum atomic E-state index is -0.649. The first-order valence-corrected chi connectivity index (χ1v) is 8.53. The summed E-state index contributed by atoms with van der Waals surface area (Å²) >= 11 is 0. The Morgan fingerprint density at radius 3 is 2.93 bits per heavy atom. The number of amides is 1. The lowest BCUT2D eigenvalue weighted by Gasteiger charge is -2.13. The van der Waals surface area contributed by atoms with Crippen molar-refractivity contribution in [3.05, 3.63) is 51.2 Å². The molecular weight excluding hydrogens is 352 g/mol. The van der Waals surface area contributed by atoms with E-state index in [4.69, 9.17) is 15.2 Å². The van der Waals surface area contributed by atoms with Gasteiger partial charge in [-0.05, 0) is 32.0 Å². The molecule has 3 N–H and O–H groups in total. The number of benzene rings is 1. The van der Waals surface area contributed by atoms with Gasteiger partial charge in [-0.1, -0.05) is 0 Å². The maximum absolute atomic E-state index is 12.3. The van der Waals surface area contributed by atoms with E-state index >= 15 is 0 Å². The third kappa shape index (κ3) is 3.91. The fraction of sp³-hybridized carbons (Fsp3) is 0.333. The van der Waals surface area contributed by atoms with Gasteiger partial charge in [0.15, 0.2) is 0 Å². The Hall–Kier alpha value is -3.36. The predicted molar refractivity (Wildman–Crippen MR) is 97.9 cm³/mol. The summed E-state index contributed by atoms with van der Waals surface area (Å²) < 4.78 is 11.4. The number of anilines is 1. The minimum absolute atomic E-state index is 0.00194. The first kappa shape index (κ1) is 18.4. The number of carbonyl (C=O) groups is 1. The number of fused-ring (bicyclic) bond motifs is 1. The van der Waals surface area contributed by atoms with E-state index in [1.54, 1.807) is 0 Å². The lowest BCUT2D eigenvalue weighted by Crippen LogP contribution is -2.24. The zero-order valence-corrected chi connectivity index (χ0v) is 15.0. The van der Waals surface area contributed by atoms with Crippen molar-refractivity contribution in [1.82, 2.24) is 10.3 Å². The fourth-order valence-electron chi connectivity index (χ4n) is 2.92. The summed E-state index contributed by atoms with van der Waals surface area (Å²) in [6.45, 7) is 4.57. The quantitative estimate of drug-likeness (QED) is 0.587. The van der Waals surface area contributed by atoms with E-state index in [-0.39, 0.29) is 29.8 Å². The van der Waals surface area contributed by atoms with Crippen molar-refractivity contribution >= 4 is 17.4 Å². The van der Waals surface area contributed by atoms with E-state index < -0.39 is 10.8 Å². The molecule has 1 aromatic heterocycles. The van der Waals surface area contributed by atoms with Crippen molar-refractivity contribution in [2.75, 3.05) is 12.3 Å². The number of nitrogens with one attached hydrogen (secondary N) is 1. The number of ether oxygens (including phenoxy) is 2. The van der Waals surface area contributed by atoms with Crippen molar-refractivity contribution in [1.29, 1.82) is 0 Å². The summed E-state index contributed by atoms with van der Waals surface area (Å²) in [4.78, 5) is 26.3. The van der Waals surface area contributed by atoms with Gasteiger partial charge in [-0.3, -0.25) is 14.9 Å². The zero-order chi connectivity index (χ0) is 19.6. The number of nitro groups is 1. The largest absolute Gasteiger partial charge is 0.494 e. The molecule has 2 heterocycles. The van der Waals surface area contributed by atoms with Gasteiger partial charge in [0, 0.05) is 30.2 Å². The van der Waals surface area contributed by atoms with Gasteiger partial charge in [0.05, 0.1) is 11.5 Å². The van der Waals surface area contributed by atoms with Gasteiger partial charge in [0.2, 0.25) is 5.82 Å². The van der Waals surface area contributed by atoms with Gasteiger partial charge in [-0.15, -0.1) is 0 Å². The average Bonchev–Trinajstić information content (AvgIpc) is 2.98. The summed E-state index contributed by atoms with van der Waals surface area (Å²) in [5, 5.41) is 13.5. The Kier molecular flexibility index (Phi) is 5.11. The highest BCUT2D eigenvalue weighted by Crippen LogP contribution is 2.35. The third-order valence-electron chi connectivity index (χ3n) is 4.15. The van der Waals surface area contributed by atoms with E-state index in [2.05, 4.69) is 10.3 Å². The molecule has 3 rings (SSSR count). The Labute approximate surface area is 155 Å². The Morgan fingerprint density at radius 1 is 1.48 bits per heavy atom. The van der Waals surface area contributed by atoms with Gasteiger partial charge in [-0.2, -0.15) is 0 Å². The zero-order valence-electron chi connectivity index (χ0n) is 15.0. The topological polar surface area (TPSA) is 130 Å². The fourth-order valence-corrected chi connectivity index (χ4v) is 2.92. The number of hydrogen-bond donors (Lipinski definition) is 2. The molecule has 0 unspecified atom stereocenters. The van der Waals surface area contributed by atoms with E-state index in [0.29, 0.717) is 12.4 Å². The number of carbonyl (C=O) groups excluding carboxylic acids is 1. The number of nitrogens with two attached hydrogens (primary N) is 1. The molecule has 0 radical (unpaired) electrons. The van der Waals surface area contributed by atoms with Crippen LogP contribution in [0.15, 0.2) is 24.3 Å². The molecule has 142 valence electrons. The molecule has 27 heavy (non-hydrogen) atoms. The molecule has 2 aromatic rings. The monoisotopic (exact) mass is 372 g/mol. The number of pyridine rings is 1. The van der Waals surface area contributed by atoms with E-state index in [9.17, 15) is 14.9 Å². The molecule has 1 aromatic carbocycles. The number of rotatable bonds is 6. The predicted octanol–water partition coefficient (Wildman–Crippen LogP) is 2.22. The Balaban J connectivity index is 1.76. The molecule has 1 atom stereocenters. The van der Waals surface area contributed by atoms with Gasteiger partial charge >= 0.3 is 5.69 Å². The Morgan fingerprint density at radius 2 is 2.26 bits per heavy atom. The molecule has 0 spiro atoms. The van der Waals surface area contributed by atoms with Crippen molar-refractivity contribution in [2.45, 2.75) is 32.9 Å². The van der Waals surface area contributed by atoms with Crippen LogP contribution in [0, 0.1) is 10.1 Å². The molecule has 0 aliphatic carbocycles. The van der Waals surface area contributed by atoms with Crippen molar-refractivity contribution < 1.29 is 19.2 Å². The standard InChI is InChI=1S/C18H20N4O5/c1-3-26-15-7-11-6-10(2)27-16(11)8-12(15)9-20-18(23)13-4-5-14(22(24)25)17(19)21-13/h4-5,7-8,10H,3,6,9H2,1-2H3,(H2,19,21)(H,20,23)/t10-/m0/s1. The molecule has 1 aliphatic rings. The van der Waals surface area contributed by atoms with Gasteiger partial charge in [0.1, 0.15) is 23.3 Å². The first-order valence-electron chi connectivity index (χ1n) is 8.53. The SMILES string of the molecule is CCOc1cc2c(cc1CNC(=O)c1ccc([N+](=O)[O-])c(N)n1)O[C@@H](C)C2. The number of nitrogen functional groups attached to an aromatic ring is 1. The van der Waals surface area contributed by atoms with E-state index in [1.807, 2.05) is 26.0 Å². The van der Waals surface area contributed by atoms with Crippen LogP contribution >= 0.6 is 0 Å². The second kappa shape index (κ2) is 7.48. The number of aromatic nitrogens is 1. The molecule has 0 saturated carbocycles. The lowest BCUT2D eigenvalue weighted by atomic mass is 10.1. The van der Waals surface area contributed by atoms with Crippen LogP contribution in [-0.2, 0) is 13.0 Å². The molecule has 0 fully saturated rings. The van der Waals surface area contributed by atoms with Crippen molar-refractivity contribution in [2.24, 2.45) is 0 Å². The van der Waals surface area contributed by atoms with Crippen LogP contribution < -0.4 is 20.5 Å². The summed E-state index contributed by atoms with van der Waals surface area (Å²) in [5.41, 5.74) is 7.05. The van der Waals surface area contributed by atoms with Crippen molar-refractivity contribution in [3.63, 3.8) is 0 Å². The van der Waals surface area contributed by atoms with E-state index in [1.165, 1.54) is 6.07 Å². The lowest BCUT2D eigenvalue weighted by molar-refractivity contribution is -0.384. The van der Waals surface area contributed by atoms with Crippen LogP contribution in [0.4, 0.5) is 11.5 Å². The van der Waals surface area contributed by atoms with Gasteiger partial charge < -0.3 is 20.5 Å². The minimum Gasteiger partial charge on any atom is -0.494 e. The molecule has 1 amide bonds. The highest BCUT2D eigenvalue weighted by molar-refractivity contribution is 5.93. The molecule has 0 bridgehead atoms. The van der Waals surface area contributed by atoms with Crippen LogP contribution in [0.25, 0.3) is 0 Å². The smallest absolute Gasteiger partial charge is 0.311 e. The highest BCUT2D eigenvalue weighted by atomic mass is 16.6. The molecular formula is C18H20N4O5. The van der Waals surface area contributed by atoms with Crippen LogP contribution in [0.3, 0.4) is 0 Å². The normalized spacial score (nSPS) is 15.0. The molecule has 0 saturated heterocycles. The van der Waals surface area contributed by atoms with Crippen LogP contribution in [0.5, 0.6) is 11.5 Å². The third-order valence-corrected chi connectivity index (χ3v) is 4.15. The first-order chi connectivity index (χ1) is 12.9. The second-order valence-corrected chi connectivity index (χ2v) is 6.17.